The number of nitrogens with zero attached hydrogens (tertiary/aromatic N) is 2. The maximum Gasteiger partial charge on any atom is 0.435 e. The van der Waals surface area contributed by atoms with Crippen molar-refractivity contribution in [3.8, 4) is 0 Å². The lowest BCUT2D eigenvalue weighted by Crippen LogP contribution is -2.19. The van der Waals surface area contributed by atoms with E-state index < -0.39 is 18.0 Å². The minimum absolute atomic E-state index is 0.305. The number of rotatable bonds is 1. The van der Waals surface area contributed by atoms with Gasteiger partial charge >= 0.3 is 6.18 Å². The molecule has 84 valence electrons. The first kappa shape index (κ1) is 10.5. The summed E-state index contributed by atoms with van der Waals surface area (Å²) in [7, 11) is 0. The summed E-state index contributed by atoms with van der Waals surface area (Å²) in [6, 6.07) is 0.631. The molecule has 0 saturated heterocycles. The summed E-state index contributed by atoms with van der Waals surface area (Å²) in [5, 5.41) is 13.0. The highest BCUT2D eigenvalue weighted by atomic mass is 19.4. The van der Waals surface area contributed by atoms with E-state index in [1.807, 2.05) is 0 Å². The monoisotopic (exact) mass is 220 g/mol. The molecule has 0 aromatic carbocycles. The van der Waals surface area contributed by atoms with Crippen molar-refractivity contribution in [2.75, 3.05) is 0 Å². The summed E-state index contributed by atoms with van der Waals surface area (Å²) in [4.78, 5) is 0. The van der Waals surface area contributed by atoms with Crippen LogP contribution in [0.3, 0.4) is 0 Å². The highest BCUT2D eigenvalue weighted by molar-refractivity contribution is 5.04. The van der Waals surface area contributed by atoms with Crippen LogP contribution >= 0.6 is 0 Å². The van der Waals surface area contributed by atoms with E-state index in [0.29, 0.717) is 12.8 Å². The highest BCUT2D eigenvalue weighted by Gasteiger charge is 2.35. The van der Waals surface area contributed by atoms with E-state index in [0.717, 1.165) is 12.5 Å². The summed E-state index contributed by atoms with van der Waals surface area (Å²) >= 11 is 0. The van der Waals surface area contributed by atoms with Crippen molar-refractivity contribution in [3.05, 3.63) is 18.0 Å². The van der Waals surface area contributed by atoms with Gasteiger partial charge in [-0.15, -0.1) is 0 Å². The van der Waals surface area contributed by atoms with E-state index in [4.69, 9.17) is 0 Å². The Kier molecular flexibility index (Phi) is 2.46. The standard InChI is InChI=1S/C9H11F3N2O/c10-9(11,12)8-4-5-14(13-8)6-2-1-3-7(6)15/h4-7,15H,1-3H2/t6-,7-/m1/s1. The van der Waals surface area contributed by atoms with Gasteiger partial charge in [0.15, 0.2) is 5.69 Å². The molecule has 6 heteroatoms. The van der Waals surface area contributed by atoms with E-state index in [-0.39, 0.29) is 6.04 Å². The van der Waals surface area contributed by atoms with Gasteiger partial charge in [-0.2, -0.15) is 18.3 Å². The average Bonchev–Trinajstić information content (AvgIpc) is 2.69. The summed E-state index contributed by atoms with van der Waals surface area (Å²) in [6.07, 6.45) is -1.57. The molecule has 0 aliphatic heterocycles. The van der Waals surface area contributed by atoms with Crippen molar-refractivity contribution in [3.63, 3.8) is 0 Å². The number of aromatic nitrogens is 2. The summed E-state index contributed by atoms with van der Waals surface area (Å²) in [6.45, 7) is 0. The van der Waals surface area contributed by atoms with Crippen molar-refractivity contribution >= 4 is 0 Å². The third-order valence-electron chi connectivity index (χ3n) is 2.68. The molecule has 0 radical (unpaired) electrons. The molecular weight excluding hydrogens is 209 g/mol. The van der Waals surface area contributed by atoms with E-state index >= 15 is 0 Å². The largest absolute Gasteiger partial charge is 0.435 e. The fourth-order valence-corrected chi connectivity index (χ4v) is 1.90. The Balaban J connectivity index is 2.20. The molecule has 2 rings (SSSR count). The zero-order chi connectivity index (χ0) is 11.1. The number of halogens is 3. The van der Waals surface area contributed by atoms with Crippen molar-refractivity contribution in [1.82, 2.24) is 9.78 Å². The van der Waals surface area contributed by atoms with Crippen LogP contribution in [-0.2, 0) is 6.18 Å². The Morgan fingerprint density at radius 3 is 2.60 bits per heavy atom. The van der Waals surface area contributed by atoms with Crippen LogP contribution < -0.4 is 0 Å². The summed E-state index contributed by atoms with van der Waals surface area (Å²) in [5.41, 5.74) is -0.901. The summed E-state index contributed by atoms with van der Waals surface area (Å²) in [5.74, 6) is 0. The van der Waals surface area contributed by atoms with Crippen LogP contribution in [0.25, 0.3) is 0 Å². The van der Waals surface area contributed by atoms with Gasteiger partial charge in [0.05, 0.1) is 12.1 Å². The smallest absolute Gasteiger partial charge is 0.391 e. The highest BCUT2D eigenvalue weighted by Crippen LogP contribution is 2.32. The average molecular weight is 220 g/mol. The number of hydrogen-bond acceptors (Lipinski definition) is 2. The molecule has 15 heavy (non-hydrogen) atoms. The molecule has 1 aromatic heterocycles. The first-order valence-electron chi connectivity index (χ1n) is 4.79. The van der Waals surface area contributed by atoms with Gasteiger partial charge in [-0.25, -0.2) is 0 Å². The lowest BCUT2D eigenvalue weighted by Gasteiger charge is -2.14. The fourth-order valence-electron chi connectivity index (χ4n) is 1.90. The minimum atomic E-state index is -4.41. The minimum Gasteiger partial charge on any atom is -0.391 e. The van der Waals surface area contributed by atoms with Crippen LogP contribution in [-0.4, -0.2) is 21.0 Å². The molecule has 1 heterocycles. The molecule has 1 aliphatic rings. The number of aliphatic hydroxyl groups excluding tert-OH is 1. The molecular formula is C9H11F3N2O. The second-order valence-electron chi connectivity index (χ2n) is 3.74. The molecule has 1 fully saturated rings. The van der Waals surface area contributed by atoms with Crippen molar-refractivity contribution in [2.24, 2.45) is 0 Å². The lowest BCUT2D eigenvalue weighted by molar-refractivity contribution is -0.141. The molecule has 1 saturated carbocycles. The predicted molar refractivity (Wildman–Crippen MR) is 46.1 cm³/mol. The normalized spacial score (nSPS) is 27.2. The van der Waals surface area contributed by atoms with Gasteiger partial charge in [-0.1, -0.05) is 0 Å². The molecule has 2 atom stereocenters. The number of hydrogen-bond donors (Lipinski definition) is 1. The molecule has 1 aromatic rings. The summed E-state index contributed by atoms with van der Waals surface area (Å²) < 4.78 is 38.0. The molecule has 3 nitrogen and oxygen atoms in total. The molecule has 0 spiro atoms. The first-order chi connectivity index (χ1) is 6.98. The van der Waals surface area contributed by atoms with Gasteiger partial charge in [0.2, 0.25) is 0 Å². The third-order valence-corrected chi connectivity index (χ3v) is 2.68. The van der Waals surface area contributed by atoms with Gasteiger partial charge in [0.1, 0.15) is 0 Å². The molecule has 0 unspecified atom stereocenters. The number of aliphatic hydroxyl groups is 1. The lowest BCUT2D eigenvalue weighted by atomic mass is 10.2. The zero-order valence-electron chi connectivity index (χ0n) is 7.91. The maximum atomic E-state index is 12.2. The van der Waals surface area contributed by atoms with Crippen LogP contribution in [0.2, 0.25) is 0 Å². The van der Waals surface area contributed by atoms with Crippen LogP contribution in [0.4, 0.5) is 13.2 Å². The van der Waals surface area contributed by atoms with Crippen LogP contribution in [0.5, 0.6) is 0 Å². The van der Waals surface area contributed by atoms with Crippen molar-refractivity contribution < 1.29 is 18.3 Å². The number of alkyl halides is 3. The first-order valence-corrected chi connectivity index (χ1v) is 4.79. The Labute approximate surface area is 84.5 Å². The van der Waals surface area contributed by atoms with Gasteiger partial charge in [-0.3, -0.25) is 4.68 Å². The van der Waals surface area contributed by atoms with Gasteiger partial charge < -0.3 is 5.11 Å². The molecule has 0 amide bonds. The Morgan fingerprint density at radius 1 is 1.40 bits per heavy atom. The second kappa shape index (κ2) is 3.52. The van der Waals surface area contributed by atoms with Crippen LogP contribution in [0.15, 0.2) is 12.3 Å². The van der Waals surface area contributed by atoms with E-state index in [1.165, 1.54) is 10.9 Å². The Hall–Kier alpha value is -1.04. The Bertz CT molecular complexity index is 347. The Morgan fingerprint density at radius 2 is 2.13 bits per heavy atom. The van der Waals surface area contributed by atoms with Crippen LogP contribution in [0, 0.1) is 0 Å². The van der Waals surface area contributed by atoms with Gasteiger partial charge in [0, 0.05) is 6.20 Å². The quantitative estimate of drug-likeness (QED) is 0.785. The fraction of sp³-hybridized carbons (Fsp3) is 0.667. The van der Waals surface area contributed by atoms with Crippen molar-refractivity contribution in [2.45, 2.75) is 37.6 Å². The van der Waals surface area contributed by atoms with E-state index in [9.17, 15) is 18.3 Å². The van der Waals surface area contributed by atoms with E-state index in [1.54, 1.807) is 0 Å². The molecule has 0 bridgehead atoms. The third kappa shape index (κ3) is 1.99. The maximum absolute atomic E-state index is 12.2. The van der Waals surface area contributed by atoms with E-state index in [2.05, 4.69) is 5.10 Å². The molecule has 1 N–H and O–H groups in total. The van der Waals surface area contributed by atoms with Crippen LogP contribution in [0.1, 0.15) is 31.0 Å². The topological polar surface area (TPSA) is 38.0 Å². The molecule has 1 aliphatic carbocycles. The van der Waals surface area contributed by atoms with Gasteiger partial charge in [-0.05, 0) is 25.3 Å². The van der Waals surface area contributed by atoms with Gasteiger partial charge in [0.25, 0.3) is 0 Å². The predicted octanol–water partition coefficient (Wildman–Crippen LogP) is 1.99. The zero-order valence-corrected chi connectivity index (χ0v) is 7.91. The van der Waals surface area contributed by atoms with Crippen molar-refractivity contribution in [1.29, 1.82) is 0 Å². The second-order valence-corrected chi connectivity index (χ2v) is 3.74. The SMILES string of the molecule is O[C@@H]1CCC[C@H]1n1ccc(C(F)(F)F)n1.